The van der Waals surface area contributed by atoms with E-state index in [4.69, 9.17) is 16.3 Å². The number of anilines is 1. The van der Waals surface area contributed by atoms with Crippen LogP contribution in [0, 0.1) is 0 Å². The number of carbonyl (C=O) groups is 1. The third-order valence-corrected chi connectivity index (χ3v) is 6.71. The molecular formula is C24H23BrClN3O4S. The first-order chi connectivity index (χ1) is 16.2. The van der Waals surface area contributed by atoms with Crippen molar-refractivity contribution >= 4 is 49.3 Å². The number of amides is 1. The second kappa shape index (κ2) is 11.5. The average Bonchev–Trinajstić information content (AvgIpc) is 2.82. The van der Waals surface area contributed by atoms with Crippen LogP contribution in [0.1, 0.15) is 22.8 Å². The minimum absolute atomic E-state index is 0.00914. The van der Waals surface area contributed by atoms with Gasteiger partial charge in [-0.15, -0.1) is 0 Å². The van der Waals surface area contributed by atoms with Crippen LogP contribution in [-0.4, -0.2) is 32.5 Å². The number of nitrogens with one attached hydrogen (secondary N) is 1. The minimum atomic E-state index is -3.97. The van der Waals surface area contributed by atoms with E-state index >= 15 is 0 Å². The zero-order chi connectivity index (χ0) is 24.7. The van der Waals surface area contributed by atoms with Crippen molar-refractivity contribution in [3.05, 3.63) is 94.1 Å². The van der Waals surface area contributed by atoms with Gasteiger partial charge in [0.25, 0.3) is 15.9 Å². The van der Waals surface area contributed by atoms with Gasteiger partial charge in [0, 0.05) is 34.4 Å². The molecule has 0 atom stereocenters. The third-order valence-electron chi connectivity index (χ3n) is 4.76. The van der Waals surface area contributed by atoms with E-state index < -0.39 is 15.9 Å². The molecular weight excluding hydrogens is 542 g/mol. The van der Waals surface area contributed by atoms with Crippen molar-refractivity contribution in [3.63, 3.8) is 0 Å². The quantitative estimate of drug-likeness (QED) is 0.368. The molecule has 178 valence electrons. The number of benzene rings is 2. The lowest BCUT2D eigenvalue weighted by molar-refractivity contribution is 0.0981. The Hall–Kier alpha value is -2.88. The van der Waals surface area contributed by atoms with E-state index in [1.54, 1.807) is 24.3 Å². The van der Waals surface area contributed by atoms with Crippen LogP contribution in [0.2, 0.25) is 0 Å². The van der Waals surface area contributed by atoms with Gasteiger partial charge >= 0.3 is 0 Å². The number of halogens is 2. The summed E-state index contributed by atoms with van der Waals surface area (Å²) in [5.74, 6) is 0.540. The van der Waals surface area contributed by atoms with Gasteiger partial charge in [0.2, 0.25) is 0 Å². The Balaban J connectivity index is 1.75. The van der Waals surface area contributed by atoms with Crippen LogP contribution in [-0.2, 0) is 16.6 Å². The lowest BCUT2D eigenvalue weighted by atomic mass is 10.2. The number of rotatable bonds is 10. The van der Waals surface area contributed by atoms with Gasteiger partial charge in [-0.05, 0) is 49.4 Å². The number of nitrogens with zero attached hydrogens (tertiary/aromatic N) is 2. The first kappa shape index (κ1) is 25.7. The van der Waals surface area contributed by atoms with Gasteiger partial charge in [-0.2, -0.15) is 0 Å². The largest absolute Gasteiger partial charge is 0.488 e. The molecule has 34 heavy (non-hydrogen) atoms. The van der Waals surface area contributed by atoms with Crippen molar-refractivity contribution in [1.82, 2.24) is 9.71 Å². The summed E-state index contributed by atoms with van der Waals surface area (Å²) in [6, 6.07) is 16.6. The molecule has 1 heterocycles. The first-order valence-electron chi connectivity index (χ1n) is 10.3. The molecule has 0 aliphatic rings. The maximum atomic E-state index is 12.5. The van der Waals surface area contributed by atoms with E-state index in [0.717, 1.165) is 10.0 Å². The normalized spacial score (nSPS) is 11.0. The van der Waals surface area contributed by atoms with E-state index in [1.807, 2.05) is 30.0 Å². The van der Waals surface area contributed by atoms with E-state index in [0.29, 0.717) is 29.7 Å². The van der Waals surface area contributed by atoms with Gasteiger partial charge in [0.15, 0.2) is 0 Å². The predicted octanol–water partition coefficient (Wildman–Crippen LogP) is 5.12. The summed E-state index contributed by atoms with van der Waals surface area (Å²) in [6.07, 6.45) is 1.35. The predicted molar refractivity (Wildman–Crippen MR) is 137 cm³/mol. The fourth-order valence-corrected chi connectivity index (χ4v) is 4.53. The number of sulfonamides is 1. The number of ether oxygens (including phenoxy) is 1. The number of carbonyl (C=O) groups excluding carboxylic acids is 1. The molecule has 0 unspecified atom stereocenters. The number of hydrogen-bond acceptors (Lipinski definition) is 6. The van der Waals surface area contributed by atoms with Crippen molar-refractivity contribution in [2.75, 3.05) is 18.1 Å². The van der Waals surface area contributed by atoms with Gasteiger partial charge in [0.05, 0.1) is 10.5 Å². The summed E-state index contributed by atoms with van der Waals surface area (Å²) in [4.78, 5) is 18.9. The second-order valence-electron chi connectivity index (χ2n) is 7.22. The molecule has 0 saturated carbocycles. The Kier molecular flexibility index (Phi) is 8.71. The molecule has 0 radical (unpaired) electrons. The molecule has 0 saturated heterocycles. The maximum Gasteiger partial charge on any atom is 0.266 e. The molecule has 1 aromatic heterocycles. The standard InChI is InChI=1S/C24H23BrClN3O4S/c1-3-29(15-19-13-20(25)10-11-22(19)33-16-17(2)26)23-12-9-18(14-27-23)24(30)28-34(31,32)21-7-5-4-6-8-21/h4-14H,2-3,15-16H2,1H3,(H,28,30). The highest BCUT2D eigenvalue weighted by molar-refractivity contribution is 9.10. The molecule has 0 bridgehead atoms. The minimum Gasteiger partial charge on any atom is -0.488 e. The number of aromatic nitrogens is 1. The topological polar surface area (TPSA) is 88.6 Å². The summed E-state index contributed by atoms with van der Waals surface area (Å²) >= 11 is 9.32. The van der Waals surface area contributed by atoms with Gasteiger partial charge in [-0.3, -0.25) is 4.79 Å². The van der Waals surface area contributed by atoms with Crippen LogP contribution < -0.4 is 14.4 Å². The van der Waals surface area contributed by atoms with Crippen molar-refractivity contribution in [2.45, 2.75) is 18.4 Å². The first-order valence-corrected chi connectivity index (χ1v) is 12.9. The van der Waals surface area contributed by atoms with Crippen molar-refractivity contribution in [2.24, 2.45) is 0 Å². The number of hydrogen-bond donors (Lipinski definition) is 1. The zero-order valence-corrected chi connectivity index (χ0v) is 21.5. The summed E-state index contributed by atoms with van der Waals surface area (Å²) < 4.78 is 33.5. The van der Waals surface area contributed by atoms with Crippen molar-refractivity contribution in [1.29, 1.82) is 0 Å². The van der Waals surface area contributed by atoms with Crippen LogP contribution in [0.3, 0.4) is 0 Å². The Bertz CT molecular complexity index is 1270. The molecule has 0 fully saturated rings. The Morgan fingerprint density at radius 2 is 1.91 bits per heavy atom. The Morgan fingerprint density at radius 1 is 1.18 bits per heavy atom. The van der Waals surface area contributed by atoms with Crippen LogP contribution in [0.15, 0.2) is 87.8 Å². The smallest absolute Gasteiger partial charge is 0.266 e. The SMILES string of the molecule is C=C(Cl)COc1ccc(Br)cc1CN(CC)c1ccc(C(=O)NS(=O)(=O)c2ccccc2)cn1. The molecule has 0 aliphatic carbocycles. The van der Waals surface area contributed by atoms with Crippen LogP contribution >= 0.6 is 27.5 Å². The second-order valence-corrected chi connectivity index (χ2v) is 10.4. The lowest BCUT2D eigenvalue weighted by Crippen LogP contribution is -2.30. The summed E-state index contributed by atoms with van der Waals surface area (Å²) in [5, 5.41) is 0.394. The lowest BCUT2D eigenvalue weighted by Gasteiger charge is -2.23. The molecule has 1 N–H and O–H groups in total. The summed E-state index contributed by atoms with van der Waals surface area (Å²) in [7, 11) is -3.97. The van der Waals surface area contributed by atoms with Crippen molar-refractivity contribution < 1.29 is 17.9 Å². The van der Waals surface area contributed by atoms with E-state index in [2.05, 4.69) is 32.2 Å². The van der Waals surface area contributed by atoms with E-state index in [-0.39, 0.29) is 17.1 Å². The molecule has 3 aromatic rings. The molecule has 10 heteroatoms. The molecule has 2 aromatic carbocycles. The van der Waals surface area contributed by atoms with Gasteiger partial charge in [0.1, 0.15) is 18.2 Å². The monoisotopic (exact) mass is 563 g/mol. The van der Waals surface area contributed by atoms with Gasteiger partial charge < -0.3 is 9.64 Å². The zero-order valence-electron chi connectivity index (χ0n) is 18.4. The van der Waals surface area contributed by atoms with Crippen LogP contribution in [0.4, 0.5) is 5.82 Å². The molecule has 0 spiro atoms. The Labute approximate surface area is 212 Å². The number of pyridine rings is 1. The van der Waals surface area contributed by atoms with E-state index in [1.165, 1.54) is 24.4 Å². The highest BCUT2D eigenvalue weighted by atomic mass is 79.9. The van der Waals surface area contributed by atoms with Gasteiger partial charge in [-0.25, -0.2) is 18.1 Å². The van der Waals surface area contributed by atoms with E-state index in [9.17, 15) is 13.2 Å². The summed E-state index contributed by atoms with van der Waals surface area (Å²) in [6.45, 7) is 6.94. The molecule has 0 aliphatic heterocycles. The Morgan fingerprint density at radius 3 is 2.53 bits per heavy atom. The fourth-order valence-electron chi connectivity index (χ4n) is 3.08. The van der Waals surface area contributed by atoms with Crippen LogP contribution in [0.25, 0.3) is 0 Å². The molecule has 7 nitrogen and oxygen atoms in total. The van der Waals surface area contributed by atoms with Crippen LogP contribution in [0.5, 0.6) is 5.75 Å². The fraction of sp³-hybridized carbons (Fsp3) is 0.167. The van der Waals surface area contributed by atoms with Crippen molar-refractivity contribution in [3.8, 4) is 5.75 Å². The third kappa shape index (κ3) is 6.82. The highest BCUT2D eigenvalue weighted by Crippen LogP contribution is 2.27. The van der Waals surface area contributed by atoms with Gasteiger partial charge in [-0.1, -0.05) is 52.3 Å². The molecule has 1 amide bonds. The average molecular weight is 565 g/mol. The highest BCUT2D eigenvalue weighted by Gasteiger charge is 2.19. The maximum absolute atomic E-state index is 12.5. The molecule has 3 rings (SSSR count). The summed E-state index contributed by atoms with van der Waals surface area (Å²) in [5.41, 5.74) is 1.04.